The second-order valence-electron chi connectivity index (χ2n) is 6.16. The summed E-state index contributed by atoms with van der Waals surface area (Å²) in [5, 5.41) is -1.06. The van der Waals surface area contributed by atoms with Gasteiger partial charge < -0.3 is 0 Å². The Bertz CT molecular complexity index is 861. The highest BCUT2D eigenvalue weighted by Crippen LogP contribution is 2.30. The van der Waals surface area contributed by atoms with Gasteiger partial charge in [-0.3, -0.25) is 14.6 Å². The minimum atomic E-state index is -1.06. The number of amides is 2. The van der Waals surface area contributed by atoms with Gasteiger partial charge in [0.1, 0.15) is 5.71 Å². The van der Waals surface area contributed by atoms with Crippen LogP contribution in [0.5, 0.6) is 0 Å². The highest BCUT2D eigenvalue weighted by Gasteiger charge is 2.45. The number of hydrogen-bond donors (Lipinski definition) is 0. The maximum Gasteiger partial charge on any atom is 0.281 e. The molecule has 1 unspecified atom stereocenters. The van der Waals surface area contributed by atoms with Crippen LogP contribution < -0.4 is 4.90 Å². The first kappa shape index (κ1) is 17.4. The molecule has 2 aromatic carbocycles. The molecule has 5 heteroatoms. The number of aryl methyl sites for hydroxylation is 1. The van der Waals surface area contributed by atoms with Crippen molar-refractivity contribution in [3.63, 3.8) is 0 Å². The van der Waals surface area contributed by atoms with E-state index in [1.54, 1.807) is 6.07 Å². The van der Waals surface area contributed by atoms with Gasteiger partial charge in [0.25, 0.3) is 11.8 Å². The molecule has 2 aromatic rings. The largest absolute Gasteiger partial charge is 0.281 e. The fourth-order valence-corrected chi connectivity index (χ4v) is 3.14. The fraction of sp³-hybridized carbons (Fsp3) is 0.250. The standard InChI is InChI=1S/C20H19ClN2O2/c1-12-8-7-11-16(13(12)2)23-19(24)17(21)18(20(23)25)22-14(3)15-9-5-4-6-10-15/h4-11,14,17H,1-3H3/t14-,17?/m1/s1. The highest BCUT2D eigenvalue weighted by molar-refractivity contribution is 6.68. The molecule has 4 nitrogen and oxygen atoms in total. The third kappa shape index (κ3) is 3.10. The van der Waals surface area contributed by atoms with Gasteiger partial charge >= 0.3 is 0 Å². The third-order valence-electron chi connectivity index (χ3n) is 4.53. The molecule has 1 fully saturated rings. The number of aliphatic imine (C=N–C) groups is 1. The van der Waals surface area contributed by atoms with Crippen molar-refractivity contribution in [2.45, 2.75) is 32.2 Å². The number of anilines is 1. The van der Waals surface area contributed by atoms with E-state index < -0.39 is 17.2 Å². The van der Waals surface area contributed by atoms with Crippen molar-refractivity contribution >= 4 is 34.8 Å². The van der Waals surface area contributed by atoms with E-state index in [0.717, 1.165) is 21.6 Å². The summed E-state index contributed by atoms with van der Waals surface area (Å²) in [6.07, 6.45) is 0. The molecule has 0 aliphatic carbocycles. The molecular formula is C20H19ClN2O2. The number of rotatable bonds is 3. The lowest BCUT2D eigenvalue weighted by Crippen LogP contribution is -2.32. The van der Waals surface area contributed by atoms with Crippen LogP contribution in [0.3, 0.4) is 0 Å². The third-order valence-corrected chi connectivity index (χ3v) is 4.92. The number of benzene rings is 2. The lowest BCUT2D eigenvalue weighted by atomic mass is 10.1. The Labute approximate surface area is 152 Å². The quantitative estimate of drug-likeness (QED) is 0.618. The molecule has 25 heavy (non-hydrogen) atoms. The summed E-state index contributed by atoms with van der Waals surface area (Å²) < 4.78 is 0. The van der Waals surface area contributed by atoms with Crippen LogP contribution in [-0.2, 0) is 9.59 Å². The second kappa shape index (κ2) is 6.81. The Kier molecular flexibility index (Phi) is 4.73. The first-order valence-electron chi connectivity index (χ1n) is 8.13. The van der Waals surface area contributed by atoms with E-state index in [-0.39, 0.29) is 11.8 Å². The Morgan fingerprint density at radius 2 is 1.72 bits per heavy atom. The average molecular weight is 355 g/mol. The van der Waals surface area contributed by atoms with Gasteiger partial charge in [-0.25, -0.2) is 4.90 Å². The summed E-state index contributed by atoms with van der Waals surface area (Å²) in [5.74, 6) is -0.888. The van der Waals surface area contributed by atoms with Crippen LogP contribution in [0.2, 0.25) is 0 Å². The van der Waals surface area contributed by atoms with Crippen LogP contribution in [0.25, 0.3) is 0 Å². The van der Waals surface area contributed by atoms with Gasteiger partial charge in [-0.1, -0.05) is 42.5 Å². The fourth-order valence-electron chi connectivity index (χ4n) is 2.89. The van der Waals surface area contributed by atoms with E-state index in [1.165, 1.54) is 0 Å². The SMILES string of the molecule is Cc1cccc(N2C(=O)C(=N[C@H](C)c3ccccc3)C(Cl)C2=O)c1C. The Morgan fingerprint density at radius 1 is 1.04 bits per heavy atom. The summed E-state index contributed by atoms with van der Waals surface area (Å²) in [7, 11) is 0. The predicted molar refractivity (Wildman–Crippen MR) is 100 cm³/mol. The van der Waals surface area contributed by atoms with Crippen molar-refractivity contribution < 1.29 is 9.59 Å². The molecule has 0 radical (unpaired) electrons. The van der Waals surface area contributed by atoms with Gasteiger partial charge in [0.15, 0.2) is 5.38 Å². The summed E-state index contributed by atoms with van der Waals surface area (Å²) in [4.78, 5) is 31.1. The van der Waals surface area contributed by atoms with Crippen LogP contribution in [0.1, 0.15) is 29.7 Å². The minimum Gasteiger partial charge on any atom is -0.274 e. The van der Waals surface area contributed by atoms with E-state index >= 15 is 0 Å². The molecule has 0 bridgehead atoms. The molecule has 128 valence electrons. The summed E-state index contributed by atoms with van der Waals surface area (Å²) in [6.45, 7) is 5.70. The van der Waals surface area contributed by atoms with Crippen LogP contribution in [-0.4, -0.2) is 22.9 Å². The van der Waals surface area contributed by atoms with Gasteiger partial charge in [-0.2, -0.15) is 0 Å². The van der Waals surface area contributed by atoms with Gasteiger partial charge in [-0.15, -0.1) is 11.6 Å². The number of imide groups is 1. The minimum absolute atomic E-state index is 0.101. The van der Waals surface area contributed by atoms with Crippen molar-refractivity contribution in [2.75, 3.05) is 4.90 Å². The van der Waals surface area contributed by atoms with Crippen molar-refractivity contribution in [3.05, 3.63) is 65.2 Å². The average Bonchev–Trinajstić information content (AvgIpc) is 2.82. The second-order valence-corrected chi connectivity index (χ2v) is 6.60. The lowest BCUT2D eigenvalue weighted by Gasteiger charge is -2.17. The van der Waals surface area contributed by atoms with Crippen LogP contribution >= 0.6 is 11.6 Å². The monoisotopic (exact) mass is 354 g/mol. The van der Waals surface area contributed by atoms with Crippen molar-refractivity contribution in [3.8, 4) is 0 Å². The van der Waals surface area contributed by atoms with Crippen molar-refractivity contribution in [2.24, 2.45) is 4.99 Å². The number of carbonyl (C=O) groups is 2. The zero-order chi connectivity index (χ0) is 18.1. The van der Waals surface area contributed by atoms with Gasteiger partial charge in [0.05, 0.1) is 11.7 Å². The summed E-state index contributed by atoms with van der Waals surface area (Å²) in [5.41, 5.74) is 3.52. The zero-order valence-electron chi connectivity index (χ0n) is 14.4. The van der Waals surface area contributed by atoms with Crippen molar-refractivity contribution in [1.29, 1.82) is 0 Å². The van der Waals surface area contributed by atoms with E-state index in [2.05, 4.69) is 4.99 Å². The van der Waals surface area contributed by atoms with Gasteiger partial charge in [0, 0.05) is 0 Å². The molecule has 0 aromatic heterocycles. The molecule has 0 N–H and O–H groups in total. The van der Waals surface area contributed by atoms with Crippen LogP contribution in [0, 0.1) is 13.8 Å². The maximum atomic E-state index is 12.8. The number of hydrogen-bond acceptors (Lipinski definition) is 3. The molecule has 2 amide bonds. The van der Waals surface area contributed by atoms with Crippen LogP contribution in [0.15, 0.2) is 53.5 Å². The van der Waals surface area contributed by atoms with Crippen LogP contribution in [0.4, 0.5) is 5.69 Å². The molecular weight excluding hydrogens is 336 g/mol. The zero-order valence-corrected chi connectivity index (χ0v) is 15.1. The van der Waals surface area contributed by atoms with Crippen molar-refractivity contribution in [1.82, 2.24) is 0 Å². The number of nitrogens with zero attached hydrogens (tertiary/aromatic N) is 2. The molecule has 2 atom stereocenters. The first-order chi connectivity index (χ1) is 11.9. The first-order valence-corrected chi connectivity index (χ1v) is 8.56. The Balaban J connectivity index is 1.99. The molecule has 1 aliphatic rings. The molecule has 0 saturated carbocycles. The molecule has 1 saturated heterocycles. The Hall–Kier alpha value is -2.46. The number of halogens is 1. The van der Waals surface area contributed by atoms with E-state index in [9.17, 15) is 9.59 Å². The molecule has 0 spiro atoms. The predicted octanol–water partition coefficient (Wildman–Crippen LogP) is 3.99. The number of alkyl halides is 1. The maximum absolute atomic E-state index is 12.8. The van der Waals surface area contributed by atoms with E-state index in [4.69, 9.17) is 11.6 Å². The normalized spacial score (nSPS) is 20.4. The molecule has 1 aliphatic heterocycles. The van der Waals surface area contributed by atoms with E-state index in [1.807, 2.05) is 63.2 Å². The van der Waals surface area contributed by atoms with Gasteiger partial charge in [0.2, 0.25) is 0 Å². The molecule has 1 heterocycles. The lowest BCUT2D eigenvalue weighted by molar-refractivity contribution is -0.120. The summed E-state index contributed by atoms with van der Waals surface area (Å²) in [6, 6.07) is 14.9. The Morgan fingerprint density at radius 3 is 2.40 bits per heavy atom. The summed E-state index contributed by atoms with van der Waals surface area (Å²) >= 11 is 6.25. The highest BCUT2D eigenvalue weighted by atomic mass is 35.5. The molecule has 3 rings (SSSR count). The smallest absolute Gasteiger partial charge is 0.274 e. The van der Waals surface area contributed by atoms with Gasteiger partial charge in [-0.05, 0) is 43.5 Å². The number of carbonyl (C=O) groups excluding carboxylic acids is 2. The van der Waals surface area contributed by atoms with E-state index in [0.29, 0.717) is 5.69 Å². The topological polar surface area (TPSA) is 49.7 Å².